The molecule has 1 unspecified atom stereocenters. The number of halogens is 1. The summed E-state index contributed by atoms with van der Waals surface area (Å²) in [6.07, 6.45) is 9.28. The van der Waals surface area contributed by atoms with Gasteiger partial charge >= 0.3 is 0 Å². The number of thiophene rings is 1. The molecule has 1 atom stereocenters. The minimum Gasteiger partial charge on any atom is -0.271 e. The smallest absolute Gasteiger partial charge is 0.0701 e. The summed E-state index contributed by atoms with van der Waals surface area (Å²) in [5.74, 6) is 6.51. The van der Waals surface area contributed by atoms with Gasteiger partial charge in [-0.25, -0.2) is 0 Å². The van der Waals surface area contributed by atoms with Gasteiger partial charge < -0.3 is 0 Å². The highest BCUT2D eigenvalue weighted by Gasteiger charge is 2.22. The van der Waals surface area contributed by atoms with Gasteiger partial charge in [-0.05, 0) is 53.2 Å². The van der Waals surface area contributed by atoms with Crippen molar-refractivity contribution < 1.29 is 0 Å². The summed E-state index contributed by atoms with van der Waals surface area (Å²) in [6, 6.07) is 4.77. The molecule has 1 heterocycles. The van der Waals surface area contributed by atoms with E-state index in [9.17, 15) is 0 Å². The normalized spacial score (nSPS) is 20.1. The minimum atomic E-state index is 0.443. The first-order valence-electron chi connectivity index (χ1n) is 6.50. The van der Waals surface area contributed by atoms with E-state index in [1.54, 1.807) is 0 Å². The second kappa shape index (κ2) is 6.88. The van der Waals surface area contributed by atoms with Crippen LogP contribution >= 0.6 is 27.3 Å². The Labute approximate surface area is 116 Å². The summed E-state index contributed by atoms with van der Waals surface area (Å²) in [7, 11) is 0. The van der Waals surface area contributed by atoms with Crippen LogP contribution in [0.25, 0.3) is 0 Å². The zero-order valence-corrected chi connectivity index (χ0v) is 12.5. The van der Waals surface area contributed by atoms with Crippen molar-refractivity contribution >= 4 is 27.3 Å². The van der Waals surface area contributed by atoms with Gasteiger partial charge in [0.15, 0.2) is 0 Å². The van der Waals surface area contributed by atoms with Gasteiger partial charge in [0.2, 0.25) is 0 Å². The van der Waals surface area contributed by atoms with Crippen LogP contribution in [0.4, 0.5) is 0 Å². The van der Waals surface area contributed by atoms with Gasteiger partial charge in [-0.3, -0.25) is 11.3 Å². The van der Waals surface area contributed by atoms with Crippen molar-refractivity contribution in [3.63, 3.8) is 0 Å². The summed E-state index contributed by atoms with van der Waals surface area (Å²) in [4.78, 5) is 1.42. The summed E-state index contributed by atoms with van der Waals surface area (Å²) in [5, 5.41) is 0. The molecule has 4 heteroatoms. The first-order chi connectivity index (χ1) is 8.29. The van der Waals surface area contributed by atoms with Crippen LogP contribution in [0.15, 0.2) is 15.9 Å². The van der Waals surface area contributed by atoms with Crippen molar-refractivity contribution in [3.8, 4) is 0 Å². The highest BCUT2D eigenvalue weighted by Crippen LogP contribution is 2.29. The quantitative estimate of drug-likeness (QED) is 0.503. The lowest BCUT2D eigenvalue weighted by Crippen LogP contribution is -2.42. The molecule has 0 aromatic carbocycles. The lowest BCUT2D eigenvalue weighted by atomic mass is 9.90. The number of nitrogens with one attached hydrogen (secondary N) is 1. The Morgan fingerprint density at radius 1 is 1.29 bits per heavy atom. The average molecular weight is 317 g/mol. The van der Waals surface area contributed by atoms with Gasteiger partial charge in [0, 0.05) is 10.9 Å². The predicted molar refractivity (Wildman–Crippen MR) is 78.0 cm³/mol. The third kappa shape index (κ3) is 4.05. The topological polar surface area (TPSA) is 38.0 Å². The molecule has 96 valence electrons. The molecule has 0 bridgehead atoms. The Morgan fingerprint density at radius 2 is 2.00 bits per heavy atom. The SMILES string of the molecule is NNC(Cc1ccc(Br)s1)C1CCCCCC1. The Morgan fingerprint density at radius 3 is 2.53 bits per heavy atom. The van der Waals surface area contributed by atoms with E-state index in [-0.39, 0.29) is 0 Å². The Balaban J connectivity index is 1.95. The molecule has 0 saturated heterocycles. The first-order valence-corrected chi connectivity index (χ1v) is 8.11. The maximum Gasteiger partial charge on any atom is 0.0701 e. The van der Waals surface area contributed by atoms with Crippen LogP contribution in [0.5, 0.6) is 0 Å². The molecule has 0 aliphatic heterocycles. The van der Waals surface area contributed by atoms with Crippen LogP contribution in [0.2, 0.25) is 0 Å². The van der Waals surface area contributed by atoms with Crippen LogP contribution in [0, 0.1) is 5.92 Å². The maximum absolute atomic E-state index is 5.75. The molecule has 1 aromatic heterocycles. The molecule has 17 heavy (non-hydrogen) atoms. The molecule has 1 aliphatic carbocycles. The molecule has 1 aliphatic rings. The van der Waals surface area contributed by atoms with E-state index < -0.39 is 0 Å². The lowest BCUT2D eigenvalue weighted by Gasteiger charge is -2.25. The van der Waals surface area contributed by atoms with Crippen LogP contribution in [0.3, 0.4) is 0 Å². The summed E-state index contributed by atoms with van der Waals surface area (Å²) in [6.45, 7) is 0. The Bertz CT molecular complexity index is 332. The Kier molecular flexibility index (Phi) is 5.48. The van der Waals surface area contributed by atoms with Crippen molar-refractivity contribution in [2.45, 2.75) is 51.0 Å². The second-order valence-corrected chi connectivity index (χ2v) is 7.48. The van der Waals surface area contributed by atoms with Gasteiger partial charge in [-0.1, -0.05) is 25.7 Å². The molecular weight excluding hydrogens is 296 g/mol. The number of hydrazine groups is 1. The number of hydrogen-bond donors (Lipinski definition) is 2. The van der Waals surface area contributed by atoms with Crippen molar-refractivity contribution in [3.05, 3.63) is 20.8 Å². The predicted octanol–water partition coefficient (Wildman–Crippen LogP) is 3.86. The standard InChI is InChI=1S/C13H21BrN2S/c14-13-8-7-11(17-13)9-12(16-15)10-5-3-1-2-4-6-10/h7-8,10,12,16H,1-6,9,15H2. The monoisotopic (exact) mass is 316 g/mol. The summed E-state index contributed by atoms with van der Waals surface area (Å²) < 4.78 is 1.21. The van der Waals surface area contributed by atoms with E-state index in [2.05, 4.69) is 33.5 Å². The lowest BCUT2D eigenvalue weighted by molar-refractivity contribution is 0.321. The molecule has 1 fully saturated rings. The van der Waals surface area contributed by atoms with Crippen molar-refractivity contribution in [2.75, 3.05) is 0 Å². The zero-order chi connectivity index (χ0) is 12.1. The fourth-order valence-corrected chi connectivity index (χ4v) is 4.29. The molecule has 0 amide bonds. The largest absolute Gasteiger partial charge is 0.271 e. The van der Waals surface area contributed by atoms with Crippen molar-refractivity contribution in [2.24, 2.45) is 11.8 Å². The molecule has 2 nitrogen and oxygen atoms in total. The number of rotatable bonds is 4. The summed E-state index contributed by atoms with van der Waals surface area (Å²) in [5.41, 5.74) is 3.05. The van der Waals surface area contributed by atoms with Crippen LogP contribution in [0.1, 0.15) is 43.4 Å². The zero-order valence-electron chi connectivity index (χ0n) is 10.1. The van der Waals surface area contributed by atoms with Gasteiger partial charge in [-0.15, -0.1) is 11.3 Å². The van der Waals surface area contributed by atoms with E-state index in [0.717, 1.165) is 12.3 Å². The third-order valence-electron chi connectivity index (χ3n) is 3.73. The maximum atomic E-state index is 5.75. The van der Waals surface area contributed by atoms with Crippen molar-refractivity contribution in [1.82, 2.24) is 5.43 Å². The fraction of sp³-hybridized carbons (Fsp3) is 0.692. The molecular formula is C13H21BrN2S. The molecule has 1 aromatic rings. The van der Waals surface area contributed by atoms with Gasteiger partial charge in [0.1, 0.15) is 0 Å². The van der Waals surface area contributed by atoms with Gasteiger partial charge in [0.05, 0.1) is 3.79 Å². The van der Waals surface area contributed by atoms with E-state index in [4.69, 9.17) is 5.84 Å². The van der Waals surface area contributed by atoms with Crippen LogP contribution in [-0.4, -0.2) is 6.04 Å². The highest BCUT2D eigenvalue weighted by atomic mass is 79.9. The molecule has 0 spiro atoms. The fourth-order valence-electron chi connectivity index (χ4n) is 2.75. The van der Waals surface area contributed by atoms with E-state index >= 15 is 0 Å². The third-order valence-corrected chi connectivity index (χ3v) is 5.38. The molecule has 1 saturated carbocycles. The summed E-state index contributed by atoms with van der Waals surface area (Å²) >= 11 is 5.34. The molecule has 2 rings (SSSR count). The number of hydrogen-bond acceptors (Lipinski definition) is 3. The number of nitrogens with two attached hydrogens (primary N) is 1. The van der Waals surface area contributed by atoms with E-state index in [0.29, 0.717) is 6.04 Å². The van der Waals surface area contributed by atoms with Crippen LogP contribution < -0.4 is 11.3 Å². The van der Waals surface area contributed by atoms with Crippen LogP contribution in [-0.2, 0) is 6.42 Å². The van der Waals surface area contributed by atoms with Gasteiger partial charge in [-0.2, -0.15) is 0 Å². The van der Waals surface area contributed by atoms with E-state index in [1.807, 2.05) is 11.3 Å². The molecule has 0 radical (unpaired) electrons. The Hall–Kier alpha value is 0.1000. The first kappa shape index (κ1) is 13.5. The average Bonchev–Trinajstić information content (AvgIpc) is 2.58. The van der Waals surface area contributed by atoms with E-state index in [1.165, 1.54) is 47.2 Å². The molecule has 3 N–H and O–H groups in total. The second-order valence-electron chi connectivity index (χ2n) is 4.93. The highest BCUT2D eigenvalue weighted by molar-refractivity contribution is 9.11. The van der Waals surface area contributed by atoms with Crippen molar-refractivity contribution in [1.29, 1.82) is 0 Å². The van der Waals surface area contributed by atoms with Gasteiger partial charge in [0.25, 0.3) is 0 Å². The minimum absolute atomic E-state index is 0.443.